The third-order valence-corrected chi connectivity index (χ3v) is 4.30. The van der Waals surface area contributed by atoms with Crippen molar-refractivity contribution in [1.82, 2.24) is 20.1 Å². The first-order chi connectivity index (χ1) is 11.2. The maximum Gasteiger partial charge on any atom is 0.258 e. The Morgan fingerprint density at radius 3 is 3.09 bits per heavy atom. The third-order valence-electron chi connectivity index (χ3n) is 4.30. The van der Waals surface area contributed by atoms with Crippen molar-refractivity contribution in [3.8, 4) is 11.5 Å². The zero-order chi connectivity index (χ0) is 15.8. The number of benzene rings is 1. The number of aryl methyl sites for hydroxylation is 1. The number of H-pyrrole nitrogens is 1. The van der Waals surface area contributed by atoms with Crippen molar-refractivity contribution in [1.29, 1.82) is 0 Å². The second kappa shape index (κ2) is 5.57. The summed E-state index contributed by atoms with van der Waals surface area (Å²) >= 11 is 0. The first kappa shape index (κ1) is 14.0. The summed E-state index contributed by atoms with van der Waals surface area (Å²) in [5.74, 6) is 2.54. The molecule has 2 aliphatic rings. The molecule has 0 unspecified atom stereocenters. The van der Waals surface area contributed by atoms with Gasteiger partial charge in [-0.2, -0.15) is 5.10 Å². The van der Waals surface area contributed by atoms with Crippen LogP contribution in [0.5, 0.6) is 11.5 Å². The average Bonchev–Trinajstić information content (AvgIpc) is 3.22. The minimum Gasteiger partial charge on any atom is -0.454 e. The molecule has 23 heavy (non-hydrogen) atoms. The lowest BCUT2D eigenvalue weighted by molar-refractivity contribution is 0.0596. The molecule has 1 saturated heterocycles. The summed E-state index contributed by atoms with van der Waals surface area (Å²) in [6.07, 6.45) is 2.92. The smallest absolute Gasteiger partial charge is 0.258 e. The van der Waals surface area contributed by atoms with Crippen molar-refractivity contribution in [2.24, 2.45) is 0 Å². The van der Waals surface area contributed by atoms with Gasteiger partial charge in [-0.15, -0.1) is 0 Å². The van der Waals surface area contributed by atoms with Gasteiger partial charge in [-0.05, 0) is 38.3 Å². The molecule has 1 aromatic heterocycles. The van der Waals surface area contributed by atoms with E-state index in [9.17, 15) is 4.79 Å². The zero-order valence-electron chi connectivity index (χ0n) is 12.9. The standard InChI is InChI=1S/C16H18N4O3/c1-10-17-15(19-18-10)12-6-2-3-8-20(12)16(21)11-5-4-7-13-14(11)23-9-22-13/h4-5,7,12H,2-3,6,8-9H2,1H3,(H,17,18,19)/t12-/m0/s1. The van der Waals surface area contributed by atoms with Crippen LogP contribution in [0.3, 0.4) is 0 Å². The number of nitrogens with one attached hydrogen (secondary N) is 1. The van der Waals surface area contributed by atoms with Crippen molar-refractivity contribution in [3.05, 3.63) is 35.4 Å². The summed E-state index contributed by atoms with van der Waals surface area (Å²) in [6.45, 7) is 2.71. The minimum absolute atomic E-state index is 0.0560. The number of piperidine rings is 1. The summed E-state index contributed by atoms with van der Waals surface area (Å²) in [5, 5.41) is 7.12. The summed E-state index contributed by atoms with van der Waals surface area (Å²) in [5.41, 5.74) is 0.541. The van der Waals surface area contributed by atoms with Crippen molar-refractivity contribution < 1.29 is 14.3 Å². The SMILES string of the molecule is Cc1nc([C@@H]2CCCCN2C(=O)c2cccc3c2OCO3)n[nH]1. The van der Waals surface area contributed by atoms with Gasteiger partial charge in [0.15, 0.2) is 17.3 Å². The first-order valence-electron chi connectivity index (χ1n) is 7.82. The van der Waals surface area contributed by atoms with Crippen LogP contribution in [0, 0.1) is 6.92 Å². The fraction of sp³-hybridized carbons (Fsp3) is 0.438. The summed E-state index contributed by atoms with van der Waals surface area (Å²) in [7, 11) is 0. The van der Waals surface area contributed by atoms with Crippen LogP contribution in [0.1, 0.15) is 47.3 Å². The Hall–Kier alpha value is -2.57. The summed E-state index contributed by atoms with van der Waals surface area (Å²) in [6, 6.07) is 5.31. The Kier molecular flexibility index (Phi) is 3.40. The van der Waals surface area contributed by atoms with Crippen LogP contribution >= 0.6 is 0 Å². The van der Waals surface area contributed by atoms with Crippen LogP contribution in [-0.2, 0) is 0 Å². The number of amides is 1. The molecule has 7 heteroatoms. The molecule has 0 saturated carbocycles. The van der Waals surface area contributed by atoms with Crippen LogP contribution in [0.15, 0.2) is 18.2 Å². The maximum atomic E-state index is 13.1. The highest BCUT2D eigenvalue weighted by atomic mass is 16.7. The molecule has 4 rings (SSSR count). The molecule has 1 amide bonds. The molecule has 1 fully saturated rings. The molecule has 0 aliphatic carbocycles. The Morgan fingerprint density at radius 1 is 1.35 bits per heavy atom. The predicted molar refractivity (Wildman–Crippen MR) is 81.3 cm³/mol. The van der Waals surface area contributed by atoms with Gasteiger partial charge in [0, 0.05) is 6.54 Å². The largest absolute Gasteiger partial charge is 0.454 e. The molecule has 120 valence electrons. The Morgan fingerprint density at radius 2 is 2.26 bits per heavy atom. The van der Waals surface area contributed by atoms with E-state index in [4.69, 9.17) is 9.47 Å². The van der Waals surface area contributed by atoms with E-state index in [1.165, 1.54) is 0 Å². The van der Waals surface area contributed by atoms with Crippen LogP contribution in [0.2, 0.25) is 0 Å². The molecule has 3 heterocycles. The van der Waals surface area contributed by atoms with Crippen LogP contribution < -0.4 is 9.47 Å². The fourth-order valence-electron chi connectivity index (χ4n) is 3.21. The number of para-hydroxylation sites is 1. The molecule has 0 bridgehead atoms. The fourth-order valence-corrected chi connectivity index (χ4v) is 3.21. The molecular weight excluding hydrogens is 296 g/mol. The lowest BCUT2D eigenvalue weighted by Crippen LogP contribution is -2.39. The number of likely N-dealkylation sites (tertiary alicyclic amines) is 1. The molecule has 2 aromatic rings. The molecule has 0 spiro atoms. The normalized spacial score (nSPS) is 19.9. The number of hydrogen-bond donors (Lipinski definition) is 1. The number of rotatable bonds is 2. The number of ether oxygens (including phenoxy) is 2. The number of fused-ring (bicyclic) bond motifs is 1. The maximum absolute atomic E-state index is 13.1. The average molecular weight is 314 g/mol. The zero-order valence-corrected chi connectivity index (χ0v) is 12.9. The topological polar surface area (TPSA) is 80.3 Å². The highest BCUT2D eigenvalue weighted by molar-refractivity contribution is 5.98. The van der Waals surface area contributed by atoms with Gasteiger partial charge in [0.2, 0.25) is 6.79 Å². The Labute approximate surface area is 133 Å². The second-order valence-corrected chi connectivity index (χ2v) is 5.83. The van der Waals surface area contributed by atoms with E-state index in [0.717, 1.165) is 25.1 Å². The van der Waals surface area contributed by atoms with Gasteiger partial charge in [-0.1, -0.05) is 6.07 Å². The van der Waals surface area contributed by atoms with Crippen molar-refractivity contribution in [2.45, 2.75) is 32.2 Å². The number of hydrogen-bond acceptors (Lipinski definition) is 5. The molecule has 0 radical (unpaired) electrons. The van der Waals surface area contributed by atoms with Crippen LogP contribution in [0.4, 0.5) is 0 Å². The van der Waals surface area contributed by atoms with E-state index in [0.29, 0.717) is 29.4 Å². The highest BCUT2D eigenvalue weighted by Gasteiger charge is 2.33. The highest BCUT2D eigenvalue weighted by Crippen LogP contribution is 2.38. The molecule has 2 aliphatic heterocycles. The molecule has 1 atom stereocenters. The van der Waals surface area contributed by atoms with E-state index in [2.05, 4.69) is 15.2 Å². The Bertz CT molecular complexity index is 743. The summed E-state index contributed by atoms with van der Waals surface area (Å²) in [4.78, 5) is 19.3. The van der Waals surface area contributed by atoms with Gasteiger partial charge >= 0.3 is 0 Å². The van der Waals surface area contributed by atoms with Gasteiger partial charge in [0.05, 0.1) is 11.6 Å². The van der Waals surface area contributed by atoms with Gasteiger partial charge in [-0.25, -0.2) is 4.98 Å². The lowest BCUT2D eigenvalue weighted by atomic mass is 10.00. The van der Waals surface area contributed by atoms with Gasteiger partial charge in [0.25, 0.3) is 5.91 Å². The third kappa shape index (κ3) is 2.42. The summed E-state index contributed by atoms with van der Waals surface area (Å²) < 4.78 is 10.8. The molecule has 1 aromatic carbocycles. The quantitative estimate of drug-likeness (QED) is 0.919. The molecular formula is C16H18N4O3. The van der Waals surface area contributed by atoms with Crippen molar-refractivity contribution in [2.75, 3.05) is 13.3 Å². The number of aromatic amines is 1. The van der Waals surface area contributed by atoms with Crippen LogP contribution in [0.25, 0.3) is 0 Å². The van der Waals surface area contributed by atoms with E-state index in [1.54, 1.807) is 6.07 Å². The second-order valence-electron chi connectivity index (χ2n) is 5.83. The number of aromatic nitrogens is 3. The Balaban J connectivity index is 1.67. The number of nitrogens with zero attached hydrogens (tertiary/aromatic N) is 3. The van der Waals surface area contributed by atoms with E-state index in [1.807, 2.05) is 24.0 Å². The molecule has 7 nitrogen and oxygen atoms in total. The van der Waals surface area contributed by atoms with Crippen molar-refractivity contribution >= 4 is 5.91 Å². The lowest BCUT2D eigenvalue weighted by Gasteiger charge is -2.34. The van der Waals surface area contributed by atoms with E-state index >= 15 is 0 Å². The van der Waals surface area contributed by atoms with Gasteiger partial charge < -0.3 is 14.4 Å². The minimum atomic E-state index is -0.0978. The van der Waals surface area contributed by atoms with Gasteiger partial charge in [0.1, 0.15) is 5.82 Å². The van der Waals surface area contributed by atoms with E-state index < -0.39 is 0 Å². The van der Waals surface area contributed by atoms with Gasteiger partial charge in [-0.3, -0.25) is 9.89 Å². The first-order valence-corrected chi connectivity index (χ1v) is 7.82. The van der Waals surface area contributed by atoms with Crippen molar-refractivity contribution in [3.63, 3.8) is 0 Å². The number of carbonyl (C=O) groups is 1. The monoisotopic (exact) mass is 314 g/mol. The molecule has 1 N–H and O–H groups in total. The van der Waals surface area contributed by atoms with E-state index in [-0.39, 0.29) is 18.7 Å². The van der Waals surface area contributed by atoms with Crippen LogP contribution in [-0.4, -0.2) is 39.3 Å². The number of carbonyl (C=O) groups excluding carboxylic acids is 1. The predicted octanol–water partition coefficient (Wildman–Crippen LogP) is 2.21.